The summed E-state index contributed by atoms with van der Waals surface area (Å²) in [5.74, 6) is 0.0272. The molecule has 1 aliphatic heterocycles. The number of nitrogens with one attached hydrogen (secondary N) is 1. The van der Waals surface area contributed by atoms with E-state index in [2.05, 4.69) is 15.3 Å². The van der Waals surface area contributed by atoms with Gasteiger partial charge in [0.1, 0.15) is 17.3 Å². The number of carbonyl (C=O) groups is 2. The summed E-state index contributed by atoms with van der Waals surface area (Å²) in [7, 11) is 0. The summed E-state index contributed by atoms with van der Waals surface area (Å²) in [6.45, 7) is 2.27. The average Bonchev–Trinajstić information content (AvgIpc) is 3.30. The highest BCUT2D eigenvalue weighted by molar-refractivity contribution is 6.02. The van der Waals surface area contributed by atoms with E-state index in [0.29, 0.717) is 43.4 Å². The van der Waals surface area contributed by atoms with Crippen LogP contribution >= 0.6 is 0 Å². The molecule has 2 aromatic heterocycles. The maximum Gasteiger partial charge on any atom is 0.289 e. The number of rotatable bonds is 4. The highest BCUT2D eigenvalue weighted by atomic mass is 19.1. The molecule has 3 heterocycles. The van der Waals surface area contributed by atoms with Crippen LogP contribution in [0.25, 0.3) is 0 Å². The summed E-state index contributed by atoms with van der Waals surface area (Å²) in [5, 5.41) is 2.64. The van der Waals surface area contributed by atoms with E-state index < -0.39 is 5.91 Å². The molecule has 0 atom stereocenters. The maximum atomic E-state index is 12.9. The van der Waals surface area contributed by atoms with E-state index in [9.17, 15) is 14.0 Å². The highest BCUT2D eigenvalue weighted by Crippen LogP contribution is 2.15. The lowest BCUT2D eigenvalue weighted by Crippen LogP contribution is -2.49. The van der Waals surface area contributed by atoms with Gasteiger partial charge in [0.2, 0.25) is 0 Å². The molecule has 0 bridgehead atoms. The molecule has 1 aromatic carbocycles. The Kier molecular flexibility index (Phi) is 5.19. The Morgan fingerprint density at radius 2 is 1.76 bits per heavy atom. The van der Waals surface area contributed by atoms with Crippen molar-refractivity contribution in [3.63, 3.8) is 0 Å². The first-order chi connectivity index (χ1) is 14.1. The van der Waals surface area contributed by atoms with E-state index in [1.54, 1.807) is 17.0 Å². The standard InChI is InChI=1S/C20H18FN5O3/c21-14-3-5-15(6-4-14)24-19(27)16-12-23-18(13-22-16)25-7-9-26(10-8-25)20(28)17-2-1-11-29-17/h1-6,11-13H,7-10H2,(H,24,27). The van der Waals surface area contributed by atoms with Crippen molar-refractivity contribution in [3.8, 4) is 0 Å². The van der Waals surface area contributed by atoms with E-state index in [1.165, 1.54) is 42.9 Å². The summed E-state index contributed by atoms with van der Waals surface area (Å²) in [4.78, 5) is 36.8. The Bertz CT molecular complexity index is 982. The third-order valence-electron chi connectivity index (χ3n) is 4.60. The van der Waals surface area contributed by atoms with Crippen LogP contribution in [0.3, 0.4) is 0 Å². The van der Waals surface area contributed by atoms with E-state index in [4.69, 9.17) is 4.42 Å². The molecule has 148 valence electrons. The van der Waals surface area contributed by atoms with Crippen LogP contribution in [0.4, 0.5) is 15.9 Å². The minimum absolute atomic E-state index is 0.131. The molecular formula is C20H18FN5O3. The molecule has 0 spiro atoms. The van der Waals surface area contributed by atoms with Gasteiger partial charge in [0, 0.05) is 31.9 Å². The number of anilines is 2. The normalized spacial score (nSPS) is 14.0. The first-order valence-electron chi connectivity index (χ1n) is 9.07. The minimum Gasteiger partial charge on any atom is -0.459 e. The van der Waals surface area contributed by atoms with Crippen LogP contribution < -0.4 is 10.2 Å². The number of piperazine rings is 1. The largest absolute Gasteiger partial charge is 0.459 e. The fourth-order valence-electron chi connectivity index (χ4n) is 3.02. The van der Waals surface area contributed by atoms with Gasteiger partial charge in [-0.2, -0.15) is 0 Å². The average molecular weight is 395 g/mol. The summed E-state index contributed by atoms with van der Waals surface area (Å²) in [5.41, 5.74) is 0.629. The van der Waals surface area contributed by atoms with Crippen LogP contribution in [0, 0.1) is 5.82 Å². The van der Waals surface area contributed by atoms with Crippen LogP contribution in [0.15, 0.2) is 59.5 Å². The fraction of sp³-hybridized carbons (Fsp3) is 0.200. The van der Waals surface area contributed by atoms with Crippen LogP contribution in [0.2, 0.25) is 0 Å². The van der Waals surface area contributed by atoms with Crippen molar-refractivity contribution in [1.29, 1.82) is 0 Å². The number of benzene rings is 1. The number of furan rings is 1. The predicted octanol–water partition coefficient (Wildman–Crippen LogP) is 2.42. The van der Waals surface area contributed by atoms with Crippen molar-refractivity contribution in [1.82, 2.24) is 14.9 Å². The lowest BCUT2D eigenvalue weighted by atomic mass is 10.3. The maximum absolute atomic E-state index is 12.9. The topological polar surface area (TPSA) is 91.6 Å². The van der Waals surface area contributed by atoms with Gasteiger partial charge in [0.15, 0.2) is 5.76 Å². The van der Waals surface area contributed by atoms with Crippen molar-refractivity contribution < 1.29 is 18.4 Å². The molecule has 1 saturated heterocycles. The van der Waals surface area contributed by atoms with Gasteiger partial charge in [-0.3, -0.25) is 9.59 Å². The molecule has 4 rings (SSSR count). The second kappa shape index (κ2) is 8.09. The molecule has 0 aliphatic carbocycles. The zero-order valence-electron chi connectivity index (χ0n) is 15.4. The second-order valence-corrected chi connectivity index (χ2v) is 6.48. The molecule has 0 unspecified atom stereocenters. The number of hydrogen-bond acceptors (Lipinski definition) is 6. The number of halogens is 1. The number of hydrogen-bond donors (Lipinski definition) is 1. The molecule has 0 radical (unpaired) electrons. The summed E-state index contributed by atoms with van der Waals surface area (Å²) in [6, 6.07) is 8.81. The van der Waals surface area contributed by atoms with Gasteiger partial charge in [-0.15, -0.1) is 0 Å². The van der Waals surface area contributed by atoms with Gasteiger partial charge >= 0.3 is 0 Å². The zero-order chi connectivity index (χ0) is 20.2. The lowest BCUT2D eigenvalue weighted by molar-refractivity contribution is 0.0714. The van der Waals surface area contributed by atoms with Crippen molar-refractivity contribution in [2.75, 3.05) is 36.4 Å². The zero-order valence-corrected chi connectivity index (χ0v) is 15.4. The molecule has 29 heavy (non-hydrogen) atoms. The number of carbonyl (C=O) groups excluding carboxylic acids is 2. The third-order valence-corrected chi connectivity index (χ3v) is 4.60. The lowest BCUT2D eigenvalue weighted by Gasteiger charge is -2.34. The van der Waals surface area contributed by atoms with Crippen molar-refractivity contribution >= 4 is 23.3 Å². The van der Waals surface area contributed by atoms with Crippen LogP contribution in [0.5, 0.6) is 0 Å². The van der Waals surface area contributed by atoms with E-state index in [1.807, 2.05) is 4.90 Å². The molecule has 8 nitrogen and oxygen atoms in total. The van der Waals surface area contributed by atoms with Gasteiger partial charge in [0.05, 0.1) is 18.7 Å². The smallest absolute Gasteiger partial charge is 0.289 e. The van der Waals surface area contributed by atoms with E-state index in [0.717, 1.165) is 0 Å². The Labute approximate surface area is 166 Å². The van der Waals surface area contributed by atoms with Gasteiger partial charge in [0.25, 0.3) is 11.8 Å². The molecule has 3 aromatic rings. The number of amides is 2. The van der Waals surface area contributed by atoms with Crippen molar-refractivity contribution in [2.45, 2.75) is 0 Å². The molecule has 1 N–H and O–H groups in total. The SMILES string of the molecule is O=C(Nc1ccc(F)cc1)c1cnc(N2CCN(C(=O)c3ccco3)CC2)cn1. The van der Waals surface area contributed by atoms with Crippen LogP contribution in [-0.2, 0) is 0 Å². The minimum atomic E-state index is -0.426. The summed E-state index contributed by atoms with van der Waals surface area (Å²) < 4.78 is 18.1. The monoisotopic (exact) mass is 395 g/mol. The molecule has 2 amide bonds. The first-order valence-corrected chi connectivity index (χ1v) is 9.07. The van der Waals surface area contributed by atoms with Crippen molar-refractivity contribution in [2.24, 2.45) is 0 Å². The molecule has 0 saturated carbocycles. The number of nitrogens with zero attached hydrogens (tertiary/aromatic N) is 4. The van der Waals surface area contributed by atoms with E-state index in [-0.39, 0.29) is 17.4 Å². The molecular weight excluding hydrogens is 377 g/mol. The Hall–Kier alpha value is -3.75. The molecule has 1 aliphatic rings. The Morgan fingerprint density at radius 1 is 1.00 bits per heavy atom. The summed E-state index contributed by atoms with van der Waals surface area (Å²) in [6.07, 6.45) is 4.41. The van der Waals surface area contributed by atoms with Gasteiger partial charge in [-0.05, 0) is 36.4 Å². The molecule has 1 fully saturated rings. The molecule has 9 heteroatoms. The van der Waals surface area contributed by atoms with Gasteiger partial charge < -0.3 is 19.5 Å². The summed E-state index contributed by atoms with van der Waals surface area (Å²) >= 11 is 0. The van der Waals surface area contributed by atoms with E-state index >= 15 is 0 Å². The quantitative estimate of drug-likeness (QED) is 0.730. The van der Waals surface area contributed by atoms with Crippen LogP contribution in [0.1, 0.15) is 21.0 Å². The van der Waals surface area contributed by atoms with Crippen molar-refractivity contribution in [3.05, 3.63) is 72.3 Å². The van der Waals surface area contributed by atoms with Crippen LogP contribution in [-0.4, -0.2) is 52.9 Å². The predicted molar refractivity (Wildman–Crippen MR) is 103 cm³/mol. The second-order valence-electron chi connectivity index (χ2n) is 6.48. The highest BCUT2D eigenvalue weighted by Gasteiger charge is 2.24. The fourth-order valence-corrected chi connectivity index (χ4v) is 3.02. The third kappa shape index (κ3) is 4.23. The van der Waals surface area contributed by atoms with Gasteiger partial charge in [-0.25, -0.2) is 14.4 Å². The first kappa shape index (κ1) is 18.6. The Morgan fingerprint density at radius 3 is 2.38 bits per heavy atom. The number of aromatic nitrogens is 2. The van der Waals surface area contributed by atoms with Gasteiger partial charge in [-0.1, -0.05) is 0 Å². The Balaban J connectivity index is 1.34.